The van der Waals surface area contributed by atoms with E-state index in [0.29, 0.717) is 5.69 Å². The Balaban J connectivity index is 1.96. The van der Waals surface area contributed by atoms with E-state index in [4.69, 9.17) is 9.47 Å². The van der Waals surface area contributed by atoms with Gasteiger partial charge >= 0.3 is 5.97 Å². The molecule has 5 nitrogen and oxygen atoms in total. The van der Waals surface area contributed by atoms with E-state index in [2.05, 4.69) is 5.32 Å². The Bertz CT molecular complexity index is 685. The number of halogens is 1. The molecule has 0 fully saturated rings. The zero-order valence-electron chi connectivity index (χ0n) is 12.5. The summed E-state index contributed by atoms with van der Waals surface area (Å²) in [4.78, 5) is 23.6. The van der Waals surface area contributed by atoms with E-state index in [1.807, 2.05) is 0 Å². The lowest BCUT2D eigenvalue weighted by Crippen LogP contribution is -2.21. The first-order chi connectivity index (χ1) is 11.1. The van der Waals surface area contributed by atoms with Crippen LogP contribution >= 0.6 is 0 Å². The molecule has 0 radical (unpaired) electrons. The number of rotatable bonds is 6. The van der Waals surface area contributed by atoms with Crippen molar-refractivity contribution in [2.45, 2.75) is 6.92 Å². The van der Waals surface area contributed by atoms with Crippen LogP contribution in [0.15, 0.2) is 48.5 Å². The fourth-order valence-corrected chi connectivity index (χ4v) is 1.84. The molecule has 0 saturated heterocycles. The first-order valence-electron chi connectivity index (χ1n) is 7.04. The van der Waals surface area contributed by atoms with Crippen LogP contribution in [0.3, 0.4) is 0 Å². The molecule has 0 saturated carbocycles. The number of anilines is 1. The fraction of sp³-hybridized carbons (Fsp3) is 0.176. The maximum absolute atomic E-state index is 12.8. The molecule has 2 aromatic carbocycles. The third-order valence-corrected chi connectivity index (χ3v) is 2.87. The van der Waals surface area contributed by atoms with E-state index in [1.165, 1.54) is 24.3 Å². The largest absolute Gasteiger partial charge is 0.483 e. The van der Waals surface area contributed by atoms with Gasteiger partial charge in [0.1, 0.15) is 17.1 Å². The highest BCUT2D eigenvalue weighted by molar-refractivity contribution is 5.94. The van der Waals surface area contributed by atoms with Crippen LogP contribution in [0.25, 0.3) is 0 Å². The van der Waals surface area contributed by atoms with Crippen LogP contribution in [0, 0.1) is 5.82 Å². The molecule has 1 N–H and O–H groups in total. The lowest BCUT2D eigenvalue weighted by molar-refractivity contribution is -0.118. The highest BCUT2D eigenvalue weighted by Crippen LogP contribution is 2.19. The van der Waals surface area contributed by atoms with Crippen LogP contribution < -0.4 is 10.1 Å². The minimum Gasteiger partial charge on any atom is -0.483 e. The Morgan fingerprint density at radius 1 is 1.09 bits per heavy atom. The molecule has 0 spiro atoms. The summed E-state index contributed by atoms with van der Waals surface area (Å²) >= 11 is 0. The third-order valence-electron chi connectivity index (χ3n) is 2.87. The van der Waals surface area contributed by atoms with Crippen LogP contribution in [-0.4, -0.2) is 25.1 Å². The molecule has 1 amide bonds. The Labute approximate surface area is 133 Å². The highest BCUT2D eigenvalue weighted by atomic mass is 19.1. The van der Waals surface area contributed by atoms with Gasteiger partial charge in [-0.05, 0) is 43.3 Å². The summed E-state index contributed by atoms with van der Waals surface area (Å²) in [5.41, 5.74) is 0.711. The topological polar surface area (TPSA) is 64.6 Å². The molecule has 6 heteroatoms. The number of carbonyl (C=O) groups is 2. The van der Waals surface area contributed by atoms with Crippen molar-refractivity contribution in [3.8, 4) is 5.75 Å². The summed E-state index contributed by atoms with van der Waals surface area (Å²) in [6, 6.07) is 11.9. The van der Waals surface area contributed by atoms with Crippen LogP contribution in [0.2, 0.25) is 0 Å². The number of hydrogen-bond donors (Lipinski definition) is 1. The molecule has 0 atom stereocenters. The van der Waals surface area contributed by atoms with Crippen molar-refractivity contribution in [1.82, 2.24) is 0 Å². The summed E-state index contributed by atoms with van der Waals surface area (Å²) in [6.45, 7) is 1.67. The smallest absolute Gasteiger partial charge is 0.341 e. The molecule has 0 aliphatic rings. The van der Waals surface area contributed by atoms with Crippen LogP contribution in [-0.2, 0) is 9.53 Å². The van der Waals surface area contributed by atoms with Gasteiger partial charge in [0.25, 0.3) is 5.91 Å². The first-order valence-corrected chi connectivity index (χ1v) is 7.04. The average molecular weight is 317 g/mol. The molecule has 0 aliphatic carbocycles. The van der Waals surface area contributed by atoms with Gasteiger partial charge in [-0.3, -0.25) is 4.79 Å². The van der Waals surface area contributed by atoms with Crippen molar-refractivity contribution >= 4 is 17.6 Å². The zero-order chi connectivity index (χ0) is 16.7. The van der Waals surface area contributed by atoms with E-state index in [9.17, 15) is 14.0 Å². The Hall–Kier alpha value is -2.89. The summed E-state index contributed by atoms with van der Waals surface area (Å²) in [6.07, 6.45) is 0. The van der Waals surface area contributed by atoms with Gasteiger partial charge in [-0.2, -0.15) is 0 Å². The first kappa shape index (κ1) is 16.5. The van der Waals surface area contributed by atoms with Crippen molar-refractivity contribution in [2.75, 3.05) is 18.5 Å². The molecule has 0 aliphatic heterocycles. The van der Waals surface area contributed by atoms with Gasteiger partial charge in [0.15, 0.2) is 6.61 Å². The van der Waals surface area contributed by atoms with Crippen molar-refractivity contribution in [1.29, 1.82) is 0 Å². The number of hydrogen-bond acceptors (Lipinski definition) is 4. The highest BCUT2D eigenvalue weighted by Gasteiger charge is 2.14. The second-order valence-corrected chi connectivity index (χ2v) is 4.56. The molecule has 0 aromatic heterocycles. The molecule has 0 bridgehead atoms. The predicted molar refractivity (Wildman–Crippen MR) is 82.9 cm³/mol. The number of benzene rings is 2. The summed E-state index contributed by atoms with van der Waals surface area (Å²) < 4.78 is 23.1. The molecular weight excluding hydrogens is 301 g/mol. The van der Waals surface area contributed by atoms with Gasteiger partial charge in [-0.1, -0.05) is 12.1 Å². The van der Waals surface area contributed by atoms with E-state index in [1.54, 1.807) is 31.2 Å². The van der Waals surface area contributed by atoms with E-state index in [-0.39, 0.29) is 30.3 Å². The van der Waals surface area contributed by atoms with E-state index in [0.717, 1.165) is 0 Å². The molecular formula is C17H16FNO4. The Kier molecular flexibility index (Phi) is 5.68. The number of esters is 1. The monoisotopic (exact) mass is 317 g/mol. The summed E-state index contributed by atoms with van der Waals surface area (Å²) in [5, 5.41) is 2.57. The second kappa shape index (κ2) is 7.93. The van der Waals surface area contributed by atoms with Crippen molar-refractivity contribution in [3.05, 3.63) is 59.9 Å². The Morgan fingerprint density at radius 3 is 2.48 bits per heavy atom. The minimum atomic E-state index is -0.512. The summed E-state index contributed by atoms with van der Waals surface area (Å²) in [7, 11) is 0. The Morgan fingerprint density at radius 2 is 1.78 bits per heavy atom. The van der Waals surface area contributed by atoms with E-state index < -0.39 is 11.9 Å². The zero-order valence-corrected chi connectivity index (χ0v) is 12.5. The number of carbonyl (C=O) groups excluding carboxylic acids is 2. The second-order valence-electron chi connectivity index (χ2n) is 4.56. The summed E-state index contributed by atoms with van der Waals surface area (Å²) in [5.74, 6) is -1.06. The normalized spacial score (nSPS) is 10.0. The predicted octanol–water partition coefficient (Wildman–Crippen LogP) is 3.02. The molecule has 2 aromatic rings. The molecule has 23 heavy (non-hydrogen) atoms. The van der Waals surface area contributed by atoms with Gasteiger partial charge in [-0.15, -0.1) is 0 Å². The molecule has 0 heterocycles. The van der Waals surface area contributed by atoms with Gasteiger partial charge in [0.2, 0.25) is 0 Å². The van der Waals surface area contributed by atoms with Gasteiger partial charge in [0, 0.05) is 5.69 Å². The number of ether oxygens (including phenoxy) is 2. The van der Waals surface area contributed by atoms with Gasteiger partial charge in [-0.25, -0.2) is 9.18 Å². The quantitative estimate of drug-likeness (QED) is 0.832. The van der Waals surface area contributed by atoms with Crippen LogP contribution in [0.4, 0.5) is 10.1 Å². The van der Waals surface area contributed by atoms with Gasteiger partial charge < -0.3 is 14.8 Å². The SMILES string of the molecule is CCOC(=O)c1ccccc1OCC(=O)Nc1ccc(F)cc1. The van der Waals surface area contributed by atoms with Crippen LogP contribution in [0.1, 0.15) is 17.3 Å². The standard InChI is InChI=1S/C17H16FNO4/c1-2-22-17(21)14-5-3-4-6-15(14)23-11-16(20)19-13-9-7-12(18)8-10-13/h3-10H,2,11H2,1H3,(H,19,20). The van der Waals surface area contributed by atoms with Crippen molar-refractivity contribution < 1.29 is 23.5 Å². The van der Waals surface area contributed by atoms with Gasteiger partial charge in [0.05, 0.1) is 6.61 Å². The van der Waals surface area contributed by atoms with Crippen LogP contribution in [0.5, 0.6) is 5.75 Å². The number of amides is 1. The molecule has 2 rings (SSSR count). The fourth-order valence-electron chi connectivity index (χ4n) is 1.84. The molecule has 0 unspecified atom stereocenters. The maximum atomic E-state index is 12.8. The number of para-hydroxylation sites is 1. The van der Waals surface area contributed by atoms with Crippen molar-refractivity contribution in [3.63, 3.8) is 0 Å². The number of nitrogens with one attached hydrogen (secondary N) is 1. The van der Waals surface area contributed by atoms with E-state index >= 15 is 0 Å². The van der Waals surface area contributed by atoms with Crippen molar-refractivity contribution in [2.24, 2.45) is 0 Å². The minimum absolute atomic E-state index is 0.248. The molecule has 120 valence electrons. The maximum Gasteiger partial charge on any atom is 0.341 e. The third kappa shape index (κ3) is 4.81. The average Bonchev–Trinajstić information content (AvgIpc) is 2.55. The lowest BCUT2D eigenvalue weighted by Gasteiger charge is -2.11. The lowest BCUT2D eigenvalue weighted by atomic mass is 10.2.